The summed E-state index contributed by atoms with van der Waals surface area (Å²) in [6, 6.07) is 19.6. The van der Waals surface area contributed by atoms with Crippen LogP contribution < -0.4 is 29.2 Å². The molecular formula is C29H27N3O6. The predicted octanol–water partition coefficient (Wildman–Crippen LogP) is 4.54. The standard InChI is InChI=1S/C29H27N3O6/c1-35-23-11-8-20(15-25(23)37-3)31-28(34)29(19-7-10-22-18(14-19)6-5-13-30-22)17-27(33)32(29)21-9-12-24(36-2)26(16-21)38-4/h5-16H,17H2,1-4H3,(H,31,34). The molecule has 0 saturated carbocycles. The summed E-state index contributed by atoms with van der Waals surface area (Å²) < 4.78 is 21.5. The van der Waals surface area contributed by atoms with E-state index in [1.807, 2.05) is 30.3 Å². The summed E-state index contributed by atoms with van der Waals surface area (Å²) in [4.78, 5) is 33.3. The molecule has 194 valence electrons. The molecule has 4 aromatic rings. The molecule has 1 fully saturated rings. The number of fused-ring (bicyclic) bond motifs is 1. The largest absolute Gasteiger partial charge is 0.493 e. The quantitative estimate of drug-likeness (QED) is 0.345. The summed E-state index contributed by atoms with van der Waals surface area (Å²) >= 11 is 0. The van der Waals surface area contributed by atoms with E-state index in [9.17, 15) is 9.59 Å². The highest BCUT2D eigenvalue weighted by Crippen LogP contribution is 2.48. The molecule has 1 saturated heterocycles. The van der Waals surface area contributed by atoms with Crippen molar-refractivity contribution in [1.82, 2.24) is 4.98 Å². The number of β-lactam (4-membered cyclic amide) rings is 1. The third kappa shape index (κ3) is 4.02. The highest BCUT2D eigenvalue weighted by molar-refractivity contribution is 6.17. The van der Waals surface area contributed by atoms with Gasteiger partial charge in [0.15, 0.2) is 28.5 Å². The van der Waals surface area contributed by atoms with Crippen molar-refractivity contribution in [2.24, 2.45) is 0 Å². The Balaban J connectivity index is 1.63. The summed E-state index contributed by atoms with van der Waals surface area (Å²) in [6.07, 6.45) is 1.69. The van der Waals surface area contributed by atoms with E-state index in [0.717, 1.165) is 10.9 Å². The van der Waals surface area contributed by atoms with Crippen LogP contribution >= 0.6 is 0 Å². The average Bonchev–Trinajstić information content (AvgIpc) is 2.95. The molecule has 38 heavy (non-hydrogen) atoms. The molecular weight excluding hydrogens is 486 g/mol. The van der Waals surface area contributed by atoms with Gasteiger partial charge in [-0.25, -0.2) is 0 Å². The molecule has 2 heterocycles. The number of anilines is 2. The van der Waals surface area contributed by atoms with Gasteiger partial charge in [-0.05, 0) is 48.0 Å². The number of methoxy groups -OCH3 is 4. The van der Waals surface area contributed by atoms with Crippen molar-refractivity contribution >= 4 is 34.1 Å². The Morgan fingerprint density at radius 2 is 1.53 bits per heavy atom. The van der Waals surface area contributed by atoms with Gasteiger partial charge in [0.2, 0.25) is 5.91 Å². The number of benzene rings is 3. The number of carbonyl (C=O) groups is 2. The zero-order valence-electron chi connectivity index (χ0n) is 21.5. The average molecular weight is 514 g/mol. The first-order valence-electron chi connectivity index (χ1n) is 11.9. The third-order valence-corrected chi connectivity index (χ3v) is 6.76. The molecule has 1 aliphatic rings. The maximum atomic E-state index is 14.2. The molecule has 9 heteroatoms. The van der Waals surface area contributed by atoms with Crippen LogP contribution in [0.4, 0.5) is 11.4 Å². The number of carbonyl (C=O) groups excluding carboxylic acids is 2. The van der Waals surface area contributed by atoms with Crippen molar-refractivity contribution in [2.75, 3.05) is 38.7 Å². The van der Waals surface area contributed by atoms with Crippen LogP contribution in [0.3, 0.4) is 0 Å². The van der Waals surface area contributed by atoms with E-state index >= 15 is 0 Å². The van der Waals surface area contributed by atoms with Crippen molar-refractivity contribution in [3.05, 3.63) is 78.5 Å². The van der Waals surface area contributed by atoms with Gasteiger partial charge >= 0.3 is 0 Å². The summed E-state index contributed by atoms with van der Waals surface area (Å²) in [5.41, 5.74) is 1.13. The van der Waals surface area contributed by atoms with E-state index in [1.165, 1.54) is 26.2 Å². The Hall–Kier alpha value is -4.79. The number of rotatable bonds is 8. The fraction of sp³-hybridized carbons (Fsp3) is 0.207. The van der Waals surface area contributed by atoms with E-state index in [0.29, 0.717) is 39.9 Å². The van der Waals surface area contributed by atoms with Crippen LogP contribution in [-0.4, -0.2) is 45.2 Å². The van der Waals surface area contributed by atoms with Gasteiger partial charge in [0.1, 0.15) is 0 Å². The molecule has 0 bridgehead atoms. The topological polar surface area (TPSA) is 99.2 Å². The zero-order chi connectivity index (χ0) is 26.9. The first kappa shape index (κ1) is 24.9. The lowest BCUT2D eigenvalue weighted by atomic mass is 9.75. The second-order valence-corrected chi connectivity index (χ2v) is 8.74. The first-order chi connectivity index (χ1) is 18.4. The molecule has 1 aliphatic heterocycles. The molecule has 1 aromatic heterocycles. The minimum atomic E-state index is -1.33. The minimum Gasteiger partial charge on any atom is -0.493 e. The number of amides is 2. The summed E-state index contributed by atoms with van der Waals surface area (Å²) in [5.74, 6) is 1.39. The lowest BCUT2D eigenvalue weighted by Crippen LogP contribution is -2.67. The van der Waals surface area contributed by atoms with Crippen LogP contribution in [0.2, 0.25) is 0 Å². The fourth-order valence-corrected chi connectivity index (χ4v) is 4.85. The van der Waals surface area contributed by atoms with Crippen LogP contribution in [0.5, 0.6) is 23.0 Å². The highest BCUT2D eigenvalue weighted by atomic mass is 16.5. The van der Waals surface area contributed by atoms with Gasteiger partial charge in [0.25, 0.3) is 5.91 Å². The van der Waals surface area contributed by atoms with Crippen LogP contribution in [0.15, 0.2) is 72.9 Å². The van der Waals surface area contributed by atoms with Gasteiger partial charge in [-0.2, -0.15) is 0 Å². The van der Waals surface area contributed by atoms with E-state index in [2.05, 4.69) is 10.3 Å². The van der Waals surface area contributed by atoms with E-state index in [-0.39, 0.29) is 18.2 Å². The van der Waals surface area contributed by atoms with Crippen LogP contribution in [0.25, 0.3) is 10.9 Å². The smallest absolute Gasteiger partial charge is 0.255 e. The Labute approximate surface area is 219 Å². The Bertz CT molecular complexity index is 1540. The second-order valence-electron chi connectivity index (χ2n) is 8.74. The van der Waals surface area contributed by atoms with Crippen molar-refractivity contribution in [3.63, 3.8) is 0 Å². The molecule has 0 aliphatic carbocycles. The van der Waals surface area contributed by atoms with Crippen LogP contribution in [0, 0.1) is 0 Å². The van der Waals surface area contributed by atoms with Crippen LogP contribution in [0.1, 0.15) is 12.0 Å². The first-order valence-corrected chi connectivity index (χ1v) is 11.9. The minimum absolute atomic E-state index is 0.0216. The Morgan fingerprint density at radius 1 is 0.842 bits per heavy atom. The predicted molar refractivity (Wildman–Crippen MR) is 143 cm³/mol. The third-order valence-electron chi connectivity index (χ3n) is 6.76. The fourth-order valence-electron chi connectivity index (χ4n) is 4.85. The summed E-state index contributed by atoms with van der Waals surface area (Å²) in [6.45, 7) is 0. The van der Waals surface area contributed by atoms with Crippen molar-refractivity contribution < 1.29 is 28.5 Å². The normalized spacial score (nSPS) is 16.5. The molecule has 9 nitrogen and oxygen atoms in total. The van der Waals surface area contributed by atoms with Crippen LogP contribution in [-0.2, 0) is 15.1 Å². The maximum Gasteiger partial charge on any atom is 0.255 e. The van der Waals surface area contributed by atoms with Crippen molar-refractivity contribution in [2.45, 2.75) is 12.0 Å². The highest BCUT2D eigenvalue weighted by Gasteiger charge is 2.58. The summed E-state index contributed by atoms with van der Waals surface area (Å²) in [5, 5.41) is 3.85. The monoisotopic (exact) mass is 513 g/mol. The number of hydrogen-bond donors (Lipinski definition) is 1. The molecule has 1 N–H and O–H groups in total. The number of aromatic nitrogens is 1. The number of pyridine rings is 1. The Kier molecular flexibility index (Phi) is 6.50. The number of hydrogen-bond acceptors (Lipinski definition) is 7. The zero-order valence-corrected chi connectivity index (χ0v) is 21.5. The van der Waals surface area contributed by atoms with Crippen molar-refractivity contribution in [1.29, 1.82) is 0 Å². The Morgan fingerprint density at radius 3 is 2.21 bits per heavy atom. The number of nitrogens with one attached hydrogen (secondary N) is 1. The van der Waals surface area contributed by atoms with Gasteiger partial charge in [-0.3, -0.25) is 19.5 Å². The van der Waals surface area contributed by atoms with E-state index in [1.54, 1.807) is 49.7 Å². The van der Waals surface area contributed by atoms with Gasteiger partial charge < -0.3 is 24.3 Å². The summed E-state index contributed by atoms with van der Waals surface area (Å²) in [7, 11) is 6.13. The molecule has 2 amide bonds. The maximum absolute atomic E-state index is 14.2. The molecule has 5 rings (SSSR count). The lowest BCUT2D eigenvalue weighted by molar-refractivity contribution is -0.137. The van der Waals surface area contributed by atoms with Gasteiger partial charge in [0.05, 0.1) is 40.4 Å². The van der Waals surface area contributed by atoms with Crippen molar-refractivity contribution in [3.8, 4) is 23.0 Å². The molecule has 1 atom stereocenters. The molecule has 3 aromatic carbocycles. The molecule has 0 radical (unpaired) electrons. The number of nitrogens with zero attached hydrogens (tertiary/aromatic N) is 2. The second kappa shape index (κ2) is 9.93. The SMILES string of the molecule is COc1ccc(NC(=O)C2(c3ccc4ncccc4c3)CC(=O)N2c2ccc(OC)c(OC)c2)cc1OC. The van der Waals surface area contributed by atoms with E-state index < -0.39 is 5.54 Å². The molecule has 1 unspecified atom stereocenters. The van der Waals surface area contributed by atoms with Gasteiger partial charge in [-0.1, -0.05) is 12.1 Å². The number of ether oxygens (including phenoxy) is 4. The van der Waals surface area contributed by atoms with Gasteiger partial charge in [-0.15, -0.1) is 0 Å². The lowest BCUT2D eigenvalue weighted by Gasteiger charge is -2.50. The van der Waals surface area contributed by atoms with E-state index in [4.69, 9.17) is 18.9 Å². The van der Waals surface area contributed by atoms with Gasteiger partial charge in [0, 0.05) is 35.1 Å². The molecule has 0 spiro atoms.